The average Bonchev–Trinajstić information content (AvgIpc) is 2.94. The van der Waals surface area contributed by atoms with Gasteiger partial charge in [-0.3, -0.25) is 14.9 Å². The van der Waals surface area contributed by atoms with E-state index in [1.54, 1.807) is 11.8 Å². The molecule has 1 aliphatic rings. The van der Waals surface area contributed by atoms with E-state index in [2.05, 4.69) is 10.3 Å². The Labute approximate surface area is 131 Å². The van der Waals surface area contributed by atoms with Crippen molar-refractivity contribution in [2.75, 3.05) is 12.8 Å². The van der Waals surface area contributed by atoms with Gasteiger partial charge in [-0.05, 0) is 19.1 Å². The van der Waals surface area contributed by atoms with Crippen LogP contribution in [-0.2, 0) is 0 Å². The Morgan fingerprint density at radius 2 is 2.24 bits per heavy atom. The highest BCUT2D eigenvalue weighted by Gasteiger charge is 2.33. The van der Waals surface area contributed by atoms with Crippen LogP contribution in [-0.4, -0.2) is 33.4 Å². The molecule has 8 heteroatoms. The maximum atomic E-state index is 12.2. The second kappa shape index (κ2) is 6.62. The Balaban J connectivity index is 2.09. The number of rotatable bonds is 5. The van der Waals surface area contributed by atoms with Crippen LogP contribution in [0.4, 0.5) is 5.69 Å². The molecule has 1 saturated carbocycles. The molecule has 0 aliphatic heterocycles. The predicted octanol–water partition coefficient (Wildman–Crippen LogP) is 3.05. The number of carbonyl (C=O) groups is 1. The second-order valence-electron chi connectivity index (χ2n) is 5.07. The minimum absolute atomic E-state index is 0.0253. The molecule has 1 amide bonds. The molecule has 0 unspecified atom stereocenters. The van der Waals surface area contributed by atoms with E-state index >= 15 is 0 Å². The van der Waals surface area contributed by atoms with Gasteiger partial charge in [0.05, 0.1) is 10.5 Å². The monoisotopic (exact) mass is 329 g/mol. The Morgan fingerprint density at radius 3 is 2.81 bits per heavy atom. The number of carbonyl (C=O) groups excluding carboxylic acids is 1. The first-order chi connectivity index (χ1) is 9.97. The minimum atomic E-state index is -0.597. The van der Waals surface area contributed by atoms with Gasteiger partial charge in [0.25, 0.3) is 11.6 Å². The lowest BCUT2D eigenvalue weighted by molar-refractivity contribution is -0.385. The van der Waals surface area contributed by atoms with Gasteiger partial charge >= 0.3 is 0 Å². The van der Waals surface area contributed by atoms with Crippen LogP contribution < -0.4 is 5.32 Å². The van der Waals surface area contributed by atoms with Crippen LogP contribution in [0, 0.1) is 10.1 Å². The topological polar surface area (TPSA) is 85.1 Å². The lowest BCUT2D eigenvalue weighted by atomic mass is 10.1. The molecule has 114 valence electrons. The van der Waals surface area contributed by atoms with Gasteiger partial charge < -0.3 is 5.32 Å². The number of hydrogen-bond acceptors (Lipinski definition) is 5. The fraction of sp³-hybridized carbons (Fsp3) is 0.538. The van der Waals surface area contributed by atoms with Crippen molar-refractivity contribution in [1.82, 2.24) is 10.3 Å². The van der Waals surface area contributed by atoms with Crippen molar-refractivity contribution in [1.29, 1.82) is 0 Å². The van der Waals surface area contributed by atoms with Gasteiger partial charge in [0, 0.05) is 17.4 Å². The summed E-state index contributed by atoms with van der Waals surface area (Å²) in [6.07, 6.45) is 7.54. The molecule has 0 atom stereocenters. The molecule has 0 aromatic carbocycles. The third-order valence-electron chi connectivity index (χ3n) is 3.80. The Morgan fingerprint density at radius 1 is 1.57 bits per heavy atom. The Bertz CT molecular complexity index is 562. The Kier molecular flexibility index (Phi) is 5.05. The molecule has 1 aromatic heterocycles. The molecule has 0 spiro atoms. The molecule has 6 nitrogen and oxygen atoms in total. The van der Waals surface area contributed by atoms with E-state index in [0.29, 0.717) is 6.54 Å². The number of amides is 1. The highest BCUT2D eigenvalue weighted by atomic mass is 35.5. The highest BCUT2D eigenvalue weighted by molar-refractivity contribution is 8.00. The number of thioether (sulfide) groups is 1. The van der Waals surface area contributed by atoms with Crippen molar-refractivity contribution >= 4 is 35.0 Å². The molecule has 1 aromatic rings. The zero-order chi connectivity index (χ0) is 15.5. The van der Waals surface area contributed by atoms with Gasteiger partial charge in [0.2, 0.25) is 0 Å². The van der Waals surface area contributed by atoms with Crippen molar-refractivity contribution in [2.24, 2.45) is 0 Å². The standard InChI is InChI=1S/C13H16ClN3O3S/c1-21-13(4-2-3-5-13)8-16-12(18)10-6-9(17(19)20)7-15-11(10)14/h6-7H,2-5,8H2,1H3,(H,16,18). The van der Waals surface area contributed by atoms with Crippen LogP contribution in [0.3, 0.4) is 0 Å². The first-order valence-electron chi connectivity index (χ1n) is 6.61. The van der Waals surface area contributed by atoms with E-state index in [9.17, 15) is 14.9 Å². The normalized spacial score (nSPS) is 16.7. The maximum Gasteiger partial charge on any atom is 0.288 e. The molecule has 1 fully saturated rings. The van der Waals surface area contributed by atoms with Gasteiger partial charge in [0.1, 0.15) is 11.3 Å². The lowest BCUT2D eigenvalue weighted by Gasteiger charge is -2.26. The summed E-state index contributed by atoms with van der Waals surface area (Å²) in [6.45, 7) is 0.534. The van der Waals surface area contributed by atoms with Gasteiger partial charge in [0.15, 0.2) is 0 Å². The molecular weight excluding hydrogens is 314 g/mol. The summed E-state index contributed by atoms with van der Waals surface area (Å²) in [5, 5.41) is 13.5. The van der Waals surface area contributed by atoms with Crippen molar-refractivity contribution in [3.05, 3.63) is 33.1 Å². The molecule has 0 bridgehead atoms. The summed E-state index contributed by atoms with van der Waals surface area (Å²) in [5.74, 6) is -0.420. The van der Waals surface area contributed by atoms with Crippen molar-refractivity contribution < 1.29 is 9.72 Å². The quantitative estimate of drug-likeness (QED) is 0.510. The van der Waals surface area contributed by atoms with Crippen LogP contribution in [0.1, 0.15) is 36.0 Å². The van der Waals surface area contributed by atoms with Crippen LogP contribution in [0.25, 0.3) is 0 Å². The smallest absolute Gasteiger partial charge is 0.288 e. The van der Waals surface area contributed by atoms with Crippen molar-refractivity contribution in [2.45, 2.75) is 30.4 Å². The zero-order valence-corrected chi connectivity index (χ0v) is 13.2. The predicted molar refractivity (Wildman–Crippen MR) is 82.9 cm³/mol. The van der Waals surface area contributed by atoms with Crippen molar-refractivity contribution in [3.63, 3.8) is 0 Å². The molecule has 0 radical (unpaired) electrons. The first kappa shape index (κ1) is 16.0. The number of halogens is 1. The van der Waals surface area contributed by atoms with Crippen LogP contribution in [0.15, 0.2) is 12.3 Å². The van der Waals surface area contributed by atoms with Gasteiger partial charge in [-0.2, -0.15) is 11.8 Å². The van der Waals surface area contributed by atoms with Gasteiger partial charge in [-0.1, -0.05) is 24.4 Å². The fourth-order valence-electron chi connectivity index (χ4n) is 2.51. The number of aromatic nitrogens is 1. The van der Waals surface area contributed by atoms with Gasteiger partial charge in [-0.15, -0.1) is 0 Å². The third-order valence-corrected chi connectivity index (χ3v) is 5.52. The molecule has 21 heavy (non-hydrogen) atoms. The van der Waals surface area contributed by atoms with E-state index in [1.807, 2.05) is 6.26 Å². The van der Waals surface area contributed by atoms with Gasteiger partial charge in [-0.25, -0.2) is 4.98 Å². The summed E-state index contributed by atoms with van der Waals surface area (Å²) in [5.41, 5.74) is -0.204. The summed E-state index contributed by atoms with van der Waals surface area (Å²) < 4.78 is 0.0658. The Hall–Kier alpha value is -1.34. The zero-order valence-electron chi connectivity index (χ0n) is 11.6. The van der Waals surface area contributed by atoms with E-state index in [4.69, 9.17) is 11.6 Å². The molecule has 2 rings (SSSR count). The third kappa shape index (κ3) is 3.65. The molecule has 1 N–H and O–H groups in total. The summed E-state index contributed by atoms with van der Waals surface area (Å²) in [4.78, 5) is 26.0. The van der Waals surface area contributed by atoms with Crippen LogP contribution >= 0.6 is 23.4 Å². The molecular formula is C13H16ClN3O3S. The van der Waals surface area contributed by atoms with Crippen molar-refractivity contribution in [3.8, 4) is 0 Å². The summed E-state index contributed by atoms with van der Waals surface area (Å²) >= 11 is 7.62. The first-order valence-corrected chi connectivity index (χ1v) is 8.21. The number of nitrogens with one attached hydrogen (secondary N) is 1. The van der Waals surface area contributed by atoms with E-state index < -0.39 is 10.8 Å². The number of pyridine rings is 1. The molecule has 0 saturated heterocycles. The summed E-state index contributed by atoms with van der Waals surface area (Å²) in [6, 6.07) is 1.16. The van der Waals surface area contributed by atoms with Crippen LogP contribution in [0.2, 0.25) is 5.15 Å². The average molecular weight is 330 g/mol. The number of hydrogen-bond donors (Lipinski definition) is 1. The number of nitrogens with zero attached hydrogens (tertiary/aromatic N) is 2. The second-order valence-corrected chi connectivity index (χ2v) is 6.70. The molecule has 1 aliphatic carbocycles. The molecule has 1 heterocycles. The van der Waals surface area contributed by atoms with E-state index in [1.165, 1.54) is 0 Å². The SMILES string of the molecule is CSC1(CNC(=O)c2cc([N+](=O)[O-])cnc2Cl)CCCC1. The minimum Gasteiger partial charge on any atom is -0.351 e. The maximum absolute atomic E-state index is 12.2. The fourth-order valence-corrected chi connectivity index (χ4v) is 3.61. The van der Waals surface area contributed by atoms with E-state index in [0.717, 1.165) is 37.9 Å². The number of nitro groups is 1. The van der Waals surface area contributed by atoms with E-state index in [-0.39, 0.29) is 21.2 Å². The van der Waals surface area contributed by atoms with Crippen LogP contribution in [0.5, 0.6) is 0 Å². The summed E-state index contributed by atoms with van der Waals surface area (Å²) in [7, 11) is 0. The highest BCUT2D eigenvalue weighted by Crippen LogP contribution is 2.39. The lowest BCUT2D eigenvalue weighted by Crippen LogP contribution is -2.38. The largest absolute Gasteiger partial charge is 0.351 e.